The van der Waals surface area contributed by atoms with Crippen molar-refractivity contribution >= 4 is 40.3 Å². The lowest BCUT2D eigenvalue weighted by molar-refractivity contribution is 0.0833. The summed E-state index contributed by atoms with van der Waals surface area (Å²) in [5.74, 6) is 1.16. The number of fused-ring (bicyclic) bond motifs is 1. The Kier molecular flexibility index (Phi) is 6.75. The summed E-state index contributed by atoms with van der Waals surface area (Å²) in [5.41, 5.74) is 1.32. The van der Waals surface area contributed by atoms with Gasteiger partial charge in [0.1, 0.15) is 18.2 Å². The van der Waals surface area contributed by atoms with E-state index in [2.05, 4.69) is 20.4 Å². The molecule has 1 N–H and O–H groups in total. The topological polar surface area (TPSA) is 93.7 Å². The van der Waals surface area contributed by atoms with Crippen molar-refractivity contribution in [3.8, 4) is 11.5 Å². The molecule has 1 aromatic heterocycles. The smallest absolute Gasteiger partial charge is 0.286 e. The van der Waals surface area contributed by atoms with Crippen LogP contribution in [0.2, 0.25) is 5.02 Å². The molecule has 0 spiro atoms. The summed E-state index contributed by atoms with van der Waals surface area (Å²) < 4.78 is 11.2. The number of rotatable bonds is 6. The Bertz CT molecular complexity index is 1190. The van der Waals surface area contributed by atoms with E-state index in [-0.39, 0.29) is 17.6 Å². The number of amides is 1. The number of anilines is 1. The van der Waals surface area contributed by atoms with E-state index in [0.717, 1.165) is 30.9 Å². The number of carbonyl (C=O) groups is 2. The highest BCUT2D eigenvalue weighted by Crippen LogP contribution is 2.32. The molecule has 0 radical (unpaired) electrons. The van der Waals surface area contributed by atoms with Gasteiger partial charge in [0.25, 0.3) is 5.91 Å². The lowest BCUT2D eigenvalue weighted by atomic mass is 9.88. The number of nitrogens with zero attached hydrogens (tertiary/aromatic N) is 3. The number of Topliss-reactive ketones (excluding diaryl/α,β-unsaturated/α-hetero) is 1. The SMILES string of the molecule is O=C(Nc1ccc(Cl)cc1)c1nnc(CN2CCC(C(=O)c3ccc4c(c3)OCCO4)CC2)s1. The third kappa shape index (κ3) is 5.22. The third-order valence-corrected chi connectivity index (χ3v) is 7.07. The molecule has 34 heavy (non-hydrogen) atoms. The average molecular weight is 499 g/mol. The molecule has 2 aromatic carbocycles. The number of ketones is 1. The zero-order valence-corrected chi connectivity index (χ0v) is 19.9. The number of likely N-dealkylation sites (tertiary alicyclic amines) is 1. The zero-order valence-electron chi connectivity index (χ0n) is 18.3. The maximum absolute atomic E-state index is 13.0. The predicted molar refractivity (Wildman–Crippen MR) is 129 cm³/mol. The van der Waals surface area contributed by atoms with Gasteiger partial charge in [0, 0.05) is 22.2 Å². The van der Waals surface area contributed by atoms with Crippen LogP contribution in [-0.2, 0) is 6.54 Å². The molecular weight excluding hydrogens is 476 g/mol. The molecule has 3 aromatic rings. The number of hydrogen-bond acceptors (Lipinski definition) is 8. The van der Waals surface area contributed by atoms with Gasteiger partial charge in [0.15, 0.2) is 17.3 Å². The summed E-state index contributed by atoms with van der Waals surface area (Å²) >= 11 is 7.16. The number of benzene rings is 2. The number of carbonyl (C=O) groups excluding carboxylic acids is 2. The lowest BCUT2D eigenvalue weighted by Crippen LogP contribution is -2.36. The van der Waals surface area contributed by atoms with Gasteiger partial charge < -0.3 is 14.8 Å². The summed E-state index contributed by atoms with van der Waals surface area (Å²) in [6.45, 7) is 3.21. The molecule has 0 unspecified atom stereocenters. The van der Waals surface area contributed by atoms with Gasteiger partial charge in [0.2, 0.25) is 5.01 Å². The number of nitrogens with one attached hydrogen (secondary N) is 1. The number of hydrogen-bond donors (Lipinski definition) is 1. The molecule has 8 nitrogen and oxygen atoms in total. The summed E-state index contributed by atoms with van der Waals surface area (Å²) in [4.78, 5) is 27.7. The van der Waals surface area contributed by atoms with Crippen LogP contribution in [0.3, 0.4) is 0 Å². The van der Waals surface area contributed by atoms with Crippen LogP contribution in [0, 0.1) is 5.92 Å². The monoisotopic (exact) mass is 498 g/mol. The van der Waals surface area contributed by atoms with Gasteiger partial charge in [-0.25, -0.2) is 0 Å². The van der Waals surface area contributed by atoms with Crippen LogP contribution in [0.25, 0.3) is 0 Å². The summed E-state index contributed by atoms with van der Waals surface area (Å²) in [5, 5.41) is 12.7. The van der Waals surface area contributed by atoms with E-state index in [1.807, 2.05) is 12.1 Å². The van der Waals surface area contributed by atoms with E-state index in [9.17, 15) is 9.59 Å². The van der Waals surface area contributed by atoms with Crippen molar-refractivity contribution < 1.29 is 19.1 Å². The zero-order chi connectivity index (χ0) is 23.5. The molecule has 1 amide bonds. The van der Waals surface area contributed by atoms with E-state index in [0.29, 0.717) is 52.5 Å². The van der Waals surface area contributed by atoms with E-state index in [1.165, 1.54) is 11.3 Å². The fourth-order valence-corrected chi connectivity index (χ4v) is 5.01. The molecule has 1 saturated heterocycles. The highest BCUT2D eigenvalue weighted by atomic mass is 35.5. The molecule has 2 aliphatic rings. The number of piperidine rings is 1. The van der Waals surface area contributed by atoms with Gasteiger partial charge in [0.05, 0.1) is 6.54 Å². The second-order valence-electron chi connectivity index (χ2n) is 8.24. The minimum absolute atomic E-state index is 0.0195. The number of aromatic nitrogens is 2. The second kappa shape index (κ2) is 10.1. The molecule has 0 aliphatic carbocycles. The minimum Gasteiger partial charge on any atom is -0.486 e. The number of ether oxygens (including phenoxy) is 2. The van der Waals surface area contributed by atoms with Gasteiger partial charge in [-0.3, -0.25) is 14.5 Å². The van der Waals surface area contributed by atoms with Gasteiger partial charge >= 0.3 is 0 Å². The second-order valence-corrected chi connectivity index (χ2v) is 9.73. The highest BCUT2D eigenvalue weighted by molar-refractivity contribution is 7.13. The summed E-state index contributed by atoms with van der Waals surface area (Å²) in [7, 11) is 0. The molecule has 10 heteroatoms. The Balaban J connectivity index is 1.13. The molecular formula is C24H23ClN4O4S. The molecule has 0 bridgehead atoms. The van der Waals surface area contributed by atoms with Crippen LogP contribution in [0.15, 0.2) is 42.5 Å². The van der Waals surface area contributed by atoms with E-state index >= 15 is 0 Å². The molecule has 1 fully saturated rings. The van der Waals surface area contributed by atoms with Gasteiger partial charge in [-0.05, 0) is 68.4 Å². The van der Waals surface area contributed by atoms with Gasteiger partial charge in [-0.1, -0.05) is 22.9 Å². The largest absolute Gasteiger partial charge is 0.486 e. The first kappa shape index (κ1) is 22.8. The van der Waals surface area contributed by atoms with Crippen LogP contribution < -0.4 is 14.8 Å². The van der Waals surface area contributed by atoms with Crippen LogP contribution in [-0.4, -0.2) is 53.1 Å². The first-order valence-electron chi connectivity index (χ1n) is 11.1. The maximum Gasteiger partial charge on any atom is 0.286 e. The highest BCUT2D eigenvalue weighted by Gasteiger charge is 2.27. The van der Waals surface area contributed by atoms with Gasteiger partial charge in [-0.15, -0.1) is 10.2 Å². The van der Waals surface area contributed by atoms with Crippen molar-refractivity contribution in [3.05, 3.63) is 63.1 Å². The van der Waals surface area contributed by atoms with E-state index < -0.39 is 0 Å². The molecule has 0 saturated carbocycles. The fourth-order valence-electron chi connectivity index (χ4n) is 4.10. The Labute approximate surface area is 205 Å². The average Bonchev–Trinajstić information content (AvgIpc) is 3.34. The van der Waals surface area contributed by atoms with Crippen LogP contribution in [0.5, 0.6) is 11.5 Å². The summed E-state index contributed by atoms with van der Waals surface area (Å²) in [6, 6.07) is 12.3. The van der Waals surface area contributed by atoms with Crippen LogP contribution in [0.1, 0.15) is 38.0 Å². The quantitative estimate of drug-likeness (QED) is 0.506. The fraction of sp³-hybridized carbons (Fsp3) is 0.333. The summed E-state index contributed by atoms with van der Waals surface area (Å²) in [6.07, 6.45) is 1.55. The first-order chi connectivity index (χ1) is 16.5. The van der Waals surface area contributed by atoms with Crippen molar-refractivity contribution in [2.24, 2.45) is 5.92 Å². The maximum atomic E-state index is 13.0. The molecule has 176 valence electrons. The van der Waals surface area contributed by atoms with E-state index in [4.69, 9.17) is 21.1 Å². The normalized spacial score (nSPS) is 16.3. The van der Waals surface area contributed by atoms with Crippen molar-refractivity contribution in [2.75, 3.05) is 31.6 Å². The Morgan fingerprint density at radius 3 is 2.53 bits per heavy atom. The number of halogens is 1. The Morgan fingerprint density at radius 1 is 1.03 bits per heavy atom. The van der Waals surface area contributed by atoms with Crippen LogP contribution in [0.4, 0.5) is 5.69 Å². The van der Waals surface area contributed by atoms with Crippen LogP contribution >= 0.6 is 22.9 Å². The molecule has 2 aliphatic heterocycles. The standard InChI is InChI=1S/C24H23ClN4O4S/c25-17-2-4-18(5-3-17)26-23(31)24-28-27-21(34-24)14-29-9-7-15(8-10-29)22(30)16-1-6-19-20(13-16)33-12-11-32-19/h1-6,13,15H,7-12,14H2,(H,26,31). The van der Waals surface area contributed by atoms with Crippen molar-refractivity contribution in [1.82, 2.24) is 15.1 Å². The predicted octanol–water partition coefficient (Wildman–Crippen LogP) is 4.31. The van der Waals surface area contributed by atoms with Gasteiger partial charge in [-0.2, -0.15) is 0 Å². The minimum atomic E-state index is -0.296. The molecule has 3 heterocycles. The van der Waals surface area contributed by atoms with Crippen molar-refractivity contribution in [3.63, 3.8) is 0 Å². The van der Waals surface area contributed by atoms with Crippen molar-refractivity contribution in [2.45, 2.75) is 19.4 Å². The lowest BCUT2D eigenvalue weighted by Gasteiger charge is -2.30. The Morgan fingerprint density at radius 2 is 1.76 bits per heavy atom. The molecule has 0 atom stereocenters. The van der Waals surface area contributed by atoms with Crippen molar-refractivity contribution in [1.29, 1.82) is 0 Å². The third-order valence-electron chi connectivity index (χ3n) is 5.91. The van der Waals surface area contributed by atoms with E-state index in [1.54, 1.807) is 30.3 Å². The Hall–Kier alpha value is -3.01. The molecule has 5 rings (SSSR count). The first-order valence-corrected chi connectivity index (χ1v) is 12.3.